The van der Waals surface area contributed by atoms with Crippen LogP contribution in [0, 0.1) is 11.3 Å². The van der Waals surface area contributed by atoms with Gasteiger partial charge in [0, 0.05) is 45.1 Å². The van der Waals surface area contributed by atoms with Crippen LogP contribution in [0.25, 0.3) is 0 Å². The summed E-state index contributed by atoms with van der Waals surface area (Å²) >= 11 is 5.83. The fourth-order valence-corrected chi connectivity index (χ4v) is 4.80. The molecule has 2 aromatic carbocycles. The molecular formula is C26H32Br2N2O13S3. The number of carbonyl (C=O) groups excluding carboxylic acids is 4. The lowest BCUT2D eigenvalue weighted by atomic mass is 10.3. The van der Waals surface area contributed by atoms with Crippen molar-refractivity contribution in [1.82, 2.24) is 3.93 Å². The monoisotopic (exact) mass is 834 g/mol. The maximum absolute atomic E-state index is 11.0. The molecule has 1 saturated heterocycles. The van der Waals surface area contributed by atoms with Gasteiger partial charge in [-0.25, -0.2) is 20.8 Å². The van der Waals surface area contributed by atoms with Gasteiger partial charge in [0.05, 0.1) is 49.2 Å². The molecule has 0 bridgehead atoms. The Morgan fingerprint density at radius 3 is 1.33 bits per heavy atom. The van der Waals surface area contributed by atoms with Crippen molar-refractivity contribution in [2.24, 2.45) is 0 Å². The first-order valence-corrected chi connectivity index (χ1v) is 19.4. The van der Waals surface area contributed by atoms with E-state index < -0.39 is 29.8 Å². The summed E-state index contributed by atoms with van der Waals surface area (Å²) in [6.45, 7) is 1.43. The number of nitrogens with zero attached hydrogens (tertiary/aromatic N) is 2. The van der Waals surface area contributed by atoms with Gasteiger partial charge in [0.25, 0.3) is 10.1 Å². The highest BCUT2D eigenvalue weighted by Gasteiger charge is 2.26. The van der Waals surface area contributed by atoms with Gasteiger partial charge in [-0.15, -0.1) is 0 Å². The molecule has 15 nitrogen and oxygen atoms in total. The van der Waals surface area contributed by atoms with Gasteiger partial charge in [-0.2, -0.15) is 13.7 Å². The van der Waals surface area contributed by atoms with Crippen molar-refractivity contribution in [3.8, 4) is 17.6 Å². The molecule has 1 aliphatic heterocycles. The molecule has 0 atom stereocenters. The summed E-state index contributed by atoms with van der Waals surface area (Å²) < 4.78 is 70.9. The highest BCUT2D eigenvalue weighted by molar-refractivity contribution is 9.10. The minimum atomic E-state index is -3.67. The topological polar surface area (TPSA) is 258 Å². The number of carbonyl (C=O) groups is 4. The van der Waals surface area contributed by atoms with Gasteiger partial charge >= 0.3 is 0 Å². The van der Waals surface area contributed by atoms with Gasteiger partial charge in [-0.3, -0.25) is 23.7 Å². The van der Waals surface area contributed by atoms with Crippen LogP contribution in [0.1, 0.15) is 39.0 Å². The van der Waals surface area contributed by atoms with Gasteiger partial charge in [0.15, 0.2) is 19.7 Å². The van der Waals surface area contributed by atoms with Crippen molar-refractivity contribution in [1.29, 1.82) is 5.26 Å². The molecule has 2 fully saturated rings. The molecule has 46 heavy (non-hydrogen) atoms. The molecule has 0 aromatic heterocycles. The van der Waals surface area contributed by atoms with Gasteiger partial charge in [0.1, 0.15) is 23.1 Å². The first kappa shape index (κ1) is 44.9. The predicted octanol–water partition coefficient (Wildman–Crippen LogP) is 3.14. The Hall–Kier alpha value is -3.22. The van der Waals surface area contributed by atoms with Crippen LogP contribution >= 0.6 is 32.1 Å². The highest BCUT2D eigenvalue weighted by atomic mass is 79.9. The number of phenolic OH excluding ortho intramolecular Hbond substituents is 2. The molecule has 0 radical (unpaired) electrons. The highest BCUT2D eigenvalue weighted by Crippen LogP contribution is 2.26. The first-order valence-electron chi connectivity index (χ1n) is 12.3. The third kappa shape index (κ3) is 22.3. The molecule has 2 aliphatic rings. The third-order valence-electron chi connectivity index (χ3n) is 4.68. The zero-order chi connectivity index (χ0) is 36.5. The minimum absolute atomic E-state index is 0.0300. The van der Waals surface area contributed by atoms with E-state index in [1.807, 2.05) is 0 Å². The van der Waals surface area contributed by atoms with Gasteiger partial charge in [-0.05, 0) is 58.4 Å². The largest absolute Gasteiger partial charge is 0.508 e. The van der Waals surface area contributed by atoms with Crippen LogP contribution < -0.4 is 0 Å². The molecule has 2 amide bonds. The zero-order valence-electron chi connectivity index (χ0n) is 24.9. The molecule has 2 aromatic rings. The number of amides is 2. The van der Waals surface area contributed by atoms with Crippen LogP contribution in [0.5, 0.6) is 11.5 Å². The molecule has 256 valence electrons. The number of rotatable bonds is 2. The van der Waals surface area contributed by atoms with E-state index in [2.05, 4.69) is 32.1 Å². The number of aromatic hydroxyl groups is 2. The van der Waals surface area contributed by atoms with E-state index in [0.717, 1.165) is 16.4 Å². The van der Waals surface area contributed by atoms with Crippen LogP contribution in [0.4, 0.5) is 0 Å². The average Bonchev–Trinajstić information content (AvgIpc) is 3.43. The fraction of sp³-hybridized carbons (Fsp3) is 0.346. The number of benzene rings is 2. The van der Waals surface area contributed by atoms with Crippen molar-refractivity contribution >= 4 is 85.3 Å². The number of hydrogen-bond donors (Lipinski definition) is 3. The second-order valence-corrected chi connectivity index (χ2v) is 16.0. The van der Waals surface area contributed by atoms with Gasteiger partial charge in [0.2, 0.25) is 11.8 Å². The van der Waals surface area contributed by atoms with Crippen molar-refractivity contribution in [3.05, 3.63) is 46.9 Å². The van der Waals surface area contributed by atoms with Crippen molar-refractivity contribution in [2.45, 2.75) is 48.8 Å². The van der Waals surface area contributed by atoms with Crippen LogP contribution in [-0.4, -0.2) is 86.1 Å². The number of hydrogen-bond acceptors (Lipinski definition) is 13. The zero-order valence-corrected chi connectivity index (χ0v) is 30.5. The molecular weight excluding hydrogens is 804 g/mol. The maximum Gasteiger partial charge on any atom is 0.261 e. The third-order valence-corrected chi connectivity index (χ3v) is 8.34. The van der Waals surface area contributed by atoms with E-state index in [1.54, 1.807) is 6.07 Å². The maximum atomic E-state index is 11.0. The lowest BCUT2D eigenvalue weighted by Gasteiger charge is -1.99. The van der Waals surface area contributed by atoms with Crippen molar-refractivity contribution in [2.75, 3.05) is 18.8 Å². The second-order valence-electron chi connectivity index (χ2n) is 8.93. The predicted molar refractivity (Wildman–Crippen MR) is 173 cm³/mol. The van der Waals surface area contributed by atoms with E-state index in [4.69, 9.17) is 20.0 Å². The normalized spacial score (nSPS) is 13.9. The summed E-state index contributed by atoms with van der Waals surface area (Å²) in [5.74, 6) is 0.0137. The van der Waals surface area contributed by atoms with E-state index in [-0.39, 0.29) is 51.1 Å². The van der Waals surface area contributed by atoms with E-state index in [0.29, 0.717) is 36.4 Å². The number of Topliss-reactive ketones (excluding diaryl/α,β-unsaturated/α-hetero) is 2. The first-order chi connectivity index (χ1) is 20.8. The van der Waals surface area contributed by atoms with E-state index in [9.17, 15) is 44.4 Å². The summed E-state index contributed by atoms with van der Waals surface area (Å²) in [7, 11) is -9.98. The Morgan fingerprint density at radius 1 is 0.739 bits per heavy atom. The van der Waals surface area contributed by atoms with Crippen LogP contribution in [0.15, 0.2) is 56.7 Å². The number of phenols is 2. The molecule has 1 saturated carbocycles. The molecule has 3 N–H and O–H groups in total. The Labute approximate surface area is 284 Å². The number of sulfone groups is 2. The van der Waals surface area contributed by atoms with E-state index in [1.165, 1.54) is 49.4 Å². The van der Waals surface area contributed by atoms with Crippen molar-refractivity contribution < 1.29 is 59.2 Å². The van der Waals surface area contributed by atoms with Gasteiger partial charge < -0.3 is 10.2 Å². The SMILES string of the molecule is CC#N.CS(=O)(=O)O.CS(=O)(=O)c1ccc(O)c(Br)c1.CS(=O)(=O)c1ccc(O)cc1.O=C1CCC(=O)C1.O=C1CCC(=O)N1Br. The lowest BCUT2D eigenvalue weighted by molar-refractivity contribution is -0.131. The molecule has 20 heteroatoms. The summed E-state index contributed by atoms with van der Waals surface area (Å²) in [6.07, 6.45) is 4.82. The quantitative estimate of drug-likeness (QED) is 0.170. The second kappa shape index (κ2) is 20.8. The summed E-state index contributed by atoms with van der Waals surface area (Å²) in [4.78, 5) is 41.8. The average molecular weight is 837 g/mol. The number of imide groups is 1. The van der Waals surface area contributed by atoms with Crippen LogP contribution in [-0.2, 0) is 49.0 Å². The number of halogens is 2. The number of ketones is 2. The van der Waals surface area contributed by atoms with Crippen LogP contribution in [0.2, 0.25) is 0 Å². The lowest BCUT2D eigenvalue weighted by Crippen LogP contribution is -2.16. The fourth-order valence-electron chi connectivity index (χ4n) is 2.64. The number of nitriles is 1. The molecule has 0 unspecified atom stereocenters. The standard InChI is InChI=1S/C7H7BrO3S.C7H8O3S.C5H6O2.C4H4BrNO2.C2H3N.CH4O3S/c1-12(10,11)5-2-3-7(9)6(8)4-5;1-11(9,10)7-4-2-6(8)3-5-7;6-4-1-2-5(7)3-4;5-6-3(7)1-2-4(6)8;1-2-3;1-5(2,3)4/h2-4,9H,1H3;2-5,8H,1H3;1-3H2;1-2H2;1H3;1H3,(H,2,3,4). The Kier molecular flexibility index (Phi) is 20.3. The Balaban J connectivity index is 0. The molecule has 1 heterocycles. The Bertz CT molecular complexity index is 1700. The van der Waals surface area contributed by atoms with Gasteiger partial charge in [-0.1, -0.05) is 0 Å². The summed E-state index contributed by atoms with van der Waals surface area (Å²) in [5, 5.41) is 25.2. The smallest absolute Gasteiger partial charge is 0.261 e. The Morgan fingerprint density at radius 2 is 1.09 bits per heavy atom. The van der Waals surface area contributed by atoms with E-state index >= 15 is 0 Å². The summed E-state index contributed by atoms with van der Waals surface area (Å²) in [6, 6.07) is 11.2. The van der Waals surface area contributed by atoms with Crippen molar-refractivity contribution in [3.63, 3.8) is 0 Å². The van der Waals surface area contributed by atoms with Crippen LogP contribution in [0.3, 0.4) is 0 Å². The molecule has 0 spiro atoms. The summed E-state index contributed by atoms with van der Waals surface area (Å²) in [5.41, 5.74) is 0. The minimum Gasteiger partial charge on any atom is -0.508 e. The molecule has 1 aliphatic carbocycles. The molecule has 4 rings (SSSR count).